The summed E-state index contributed by atoms with van der Waals surface area (Å²) < 4.78 is 5.63. The van der Waals surface area contributed by atoms with Crippen molar-refractivity contribution in [2.75, 3.05) is 0 Å². The molecule has 0 spiro atoms. The minimum atomic E-state index is -1.05. The topological polar surface area (TPSA) is 75.6 Å². The van der Waals surface area contributed by atoms with Crippen LogP contribution in [0.3, 0.4) is 0 Å². The Labute approximate surface area is 145 Å². The summed E-state index contributed by atoms with van der Waals surface area (Å²) >= 11 is 0. The van der Waals surface area contributed by atoms with E-state index in [1.165, 1.54) is 0 Å². The van der Waals surface area contributed by atoms with Gasteiger partial charge in [0.1, 0.15) is 12.1 Å². The molecule has 2 N–H and O–H groups in total. The Morgan fingerprint density at radius 3 is 2.50 bits per heavy atom. The van der Waals surface area contributed by atoms with Gasteiger partial charge in [0.15, 0.2) is 0 Å². The highest BCUT2D eigenvalue weighted by Gasteiger charge is 2.41. The van der Waals surface area contributed by atoms with Crippen LogP contribution in [-0.2, 0) is 9.53 Å². The highest BCUT2D eigenvalue weighted by molar-refractivity contribution is 5.80. The van der Waals surface area contributed by atoms with E-state index in [0.717, 1.165) is 25.7 Å². The van der Waals surface area contributed by atoms with Gasteiger partial charge in [0.05, 0.1) is 0 Å². The minimum Gasteiger partial charge on any atom is -0.480 e. The maximum absolute atomic E-state index is 12.2. The second-order valence-electron chi connectivity index (χ2n) is 8.18. The summed E-state index contributed by atoms with van der Waals surface area (Å²) in [4.78, 5) is 23.6. The summed E-state index contributed by atoms with van der Waals surface area (Å²) in [5.74, 6) is 0.263. The van der Waals surface area contributed by atoms with Gasteiger partial charge < -0.3 is 15.2 Å². The van der Waals surface area contributed by atoms with Crippen molar-refractivity contribution in [3.63, 3.8) is 0 Å². The van der Waals surface area contributed by atoms with Gasteiger partial charge in [-0.15, -0.1) is 6.58 Å². The second-order valence-corrected chi connectivity index (χ2v) is 8.18. The molecular weight excluding hydrogens is 306 g/mol. The molecule has 5 atom stereocenters. The molecule has 0 unspecified atom stereocenters. The average molecular weight is 339 g/mol. The molecule has 5 heteroatoms. The number of hydrogen-bond donors (Lipinski definition) is 2. The zero-order valence-electron chi connectivity index (χ0n) is 15.7. The van der Waals surface area contributed by atoms with Crippen LogP contribution in [0.25, 0.3) is 0 Å². The Morgan fingerprint density at radius 1 is 1.38 bits per heavy atom. The molecule has 24 heavy (non-hydrogen) atoms. The maximum atomic E-state index is 12.2. The van der Waals surface area contributed by atoms with E-state index in [4.69, 9.17) is 4.74 Å². The molecule has 0 aliphatic heterocycles. The lowest BCUT2D eigenvalue weighted by Gasteiger charge is -2.29. The van der Waals surface area contributed by atoms with E-state index in [1.807, 2.05) is 6.08 Å². The van der Waals surface area contributed by atoms with Gasteiger partial charge in [-0.2, -0.15) is 0 Å². The fraction of sp³-hybridized carbons (Fsp3) is 0.789. The number of carboxylic acid groups (broad SMARTS) is 1. The zero-order valence-corrected chi connectivity index (χ0v) is 15.7. The summed E-state index contributed by atoms with van der Waals surface area (Å²) in [5.41, 5.74) is -0.579. The molecule has 1 fully saturated rings. The number of aliphatic carboxylic acids is 1. The molecule has 0 aromatic carbocycles. The number of carbonyl (C=O) groups is 2. The number of rotatable bonds is 7. The van der Waals surface area contributed by atoms with E-state index in [-0.39, 0.29) is 6.10 Å². The van der Waals surface area contributed by atoms with Crippen molar-refractivity contribution in [1.82, 2.24) is 5.32 Å². The summed E-state index contributed by atoms with van der Waals surface area (Å²) in [6, 6.07) is -0.972. The molecular formula is C19H33NO4. The van der Waals surface area contributed by atoms with Crippen molar-refractivity contribution >= 4 is 12.1 Å². The lowest BCUT2D eigenvalue weighted by Crippen LogP contribution is -2.50. The van der Waals surface area contributed by atoms with E-state index >= 15 is 0 Å². The van der Waals surface area contributed by atoms with Crippen molar-refractivity contribution in [2.45, 2.75) is 72.4 Å². The monoisotopic (exact) mass is 339 g/mol. The van der Waals surface area contributed by atoms with Crippen molar-refractivity contribution in [3.8, 4) is 0 Å². The van der Waals surface area contributed by atoms with E-state index in [0.29, 0.717) is 17.8 Å². The highest BCUT2D eigenvalue weighted by atomic mass is 16.6. The van der Waals surface area contributed by atoms with Gasteiger partial charge in [-0.05, 0) is 48.9 Å². The number of nitrogens with one attached hydrogen (secondary N) is 1. The largest absolute Gasteiger partial charge is 0.480 e. The number of hydrogen-bond acceptors (Lipinski definition) is 3. The van der Waals surface area contributed by atoms with Crippen LogP contribution in [0.4, 0.5) is 4.79 Å². The van der Waals surface area contributed by atoms with Gasteiger partial charge in [0.2, 0.25) is 0 Å². The Bertz CT molecular complexity index is 455. The van der Waals surface area contributed by atoms with Gasteiger partial charge in [-0.3, -0.25) is 0 Å². The zero-order chi connectivity index (χ0) is 18.5. The first-order chi connectivity index (χ1) is 11.1. The molecule has 1 aliphatic rings. The molecule has 1 saturated carbocycles. The fourth-order valence-electron chi connectivity index (χ4n) is 3.54. The van der Waals surface area contributed by atoms with Crippen LogP contribution >= 0.6 is 0 Å². The van der Waals surface area contributed by atoms with E-state index < -0.39 is 23.5 Å². The Morgan fingerprint density at radius 2 is 2.00 bits per heavy atom. The number of allylic oxidation sites excluding steroid dienone is 1. The van der Waals surface area contributed by atoms with Crippen molar-refractivity contribution < 1.29 is 19.4 Å². The Hall–Kier alpha value is -1.52. The molecule has 0 aromatic heterocycles. The predicted molar refractivity (Wildman–Crippen MR) is 94.8 cm³/mol. The first kappa shape index (κ1) is 20.5. The third kappa shape index (κ3) is 5.53. The van der Waals surface area contributed by atoms with Crippen LogP contribution in [0.1, 0.15) is 60.3 Å². The fourth-order valence-corrected chi connectivity index (χ4v) is 3.54. The minimum absolute atomic E-state index is 0.144. The van der Waals surface area contributed by atoms with Crippen LogP contribution in [0, 0.1) is 23.2 Å². The van der Waals surface area contributed by atoms with Gasteiger partial charge in [0.25, 0.3) is 0 Å². The Balaban J connectivity index is 2.69. The molecule has 0 saturated heterocycles. The molecule has 5 nitrogen and oxygen atoms in total. The summed E-state index contributed by atoms with van der Waals surface area (Å²) in [6.45, 7) is 13.5. The normalized spacial score (nSPS) is 28.2. The molecule has 0 heterocycles. The third-order valence-electron chi connectivity index (χ3n) is 5.23. The van der Waals surface area contributed by atoms with Crippen LogP contribution in [0.15, 0.2) is 12.7 Å². The maximum Gasteiger partial charge on any atom is 0.408 e. The lowest BCUT2D eigenvalue weighted by atomic mass is 9.87. The quantitative estimate of drug-likeness (QED) is 0.537. The number of carbonyl (C=O) groups excluding carboxylic acids is 1. The van der Waals surface area contributed by atoms with Gasteiger partial charge in [-0.1, -0.05) is 40.7 Å². The predicted octanol–water partition coefficient (Wildman–Crippen LogP) is 4.23. The molecule has 0 radical (unpaired) electrons. The van der Waals surface area contributed by atoms with Gasteiger partial charge >= 0.3 is 12.1 Å². The van der Waals surface area contributed by atoms with E-state index in [1.54, 1.807) is 20.8 Å². The van der Waals surface area contributed by atoms with E-state index in [2.05, 4.69) is 25.7 Å². The van der Waals surface area contributed by atoms with Crippen LogP contribution in [0.5, 0.6) is 0 Å². The number of unbranched alkanes of at least 4 members (excludes halogenated alkanes) is 1. The molecule has 1 aliphatic carbocycles. The second kappa shape index (κ2) is 8.54. The number of ether oxygens (including phenoxy) is 1. The number of alkyl carbamates (subject to hydrolysis) is 1. The van der Waals surface area contributed by atoms with Crippen LogP contribution < -0.4 is 5.32 Å². The molecule has 1 amide bonds. The number of carboxylic acids is 1. The molecule has 1 rings (SSSR count). The SMILES string of the molecule is C=CCCC[C@H]1[C@H](C)[C@H](C)C[C@@H]1OC(=O)N[C@H](C(=O)O)C(C)(C)C. The number of amides is 1. The smallest absolute Gasteiger partial charge is 0.408 e. The van der Waals surface area contributed by atoms with Crippen molar-refractivity contribution in [2.24, 2.45) is 23.2 Å². The average Bonchev–Trinajstić information content (AvgIpc) is 2.71. The highest BCUT2D eigenvalue weighted by Crippen LogP contribution is 2.41. The standard InChI is InChI=1S/C19H33NO4/c1-7-8-9-10-14-13(3)12(2)11-15(14)24-18(23)20-16(17(21)22)19(4,5)6/h7,12-16H,1,8-11H2,2-6H3,(H,20,23)(H,21,22)/t12-,13-,14+,15+,16-/m1/s1. The molecule has 138 valence electrons. The summed E-state index contributed by atoms with van der Waals surface area (Å²) in [6.07, 6.45) is 4.96. The third-order valence-corrected chi connectivity index (χ3v) is 5.23. The van der Waals surface area contributed by atoms with Crippen LogP contribution in [0.2, 0.25) is 0 Å². The Kier molecular flexibility index (Phi) is 7.30. The van der Waals surface area contributed by atoms with Gasteiger partial charge in [0, 0.05) is 0 Å². The lowest BCUT2D eigenvalue weighted by molar-refractivity contribution is -0.142. The van der Waals surface area contributed by atoms with Crippen molar-refractivity contribution in [1.29, 1.82) is 0 Å². The van der Waals surface area contributed by atoms with Crippen molar-refractivity contribution in [3.05, 3.63) is 12.7 Å². The first-order valence-corrected chi connectivity index (χ1v) is 8.88. The molecule has 0 bridgehead atoms. The summed E-state index contributed by atoms with van der Waals surface area (Å²) in [5, 5.41) is 11.8. The van der Waals surface area contributed by atoms with E-state index in [9.17, 15) is 14.7 Å². The van der Waals surface area contributed by atoms with Gasteiger partial charge in [-0.25, -0.2) is 9.59 Å². The summed E-state index contributed by atoms with van der Waals surface area (Å²) in [7, 11) is 0. The van der Waals surface area contributed by atoms with Crippen LogP contribution in [-0.4, -0.2) is 29.3 Å². The first-order valence-electron chi connectivity index (χ1n) is 8.88. The molecule has 0 aromatic rings.